The molecule has 112 valence electrons. The van der Waals surface area contributed by atoms with Crippen LogP contribution < -0.4 is 0 Å². The highest BCUT2D eigenvalue weighted by molar-refractivity contribution is 5.83. The first kappa shape index (κ1) is 15.3. The molecule has 2 atom stereocenters. The van der Waals surface area contributed by atoms with Gasteiger partial charge in [-0.1, -0.05) is 33.1 Å². The molecule has 0 spiro atoms. The Morgan fingerprint density at radius 3 is 2.80 bits per heavy atom. The minimum Gasteiger partial charge on any atom is -0.299 e. The summed E-state index contributed by atoms with van der Waals surface area (Å²) in [4.78, 5) is 12.6. The molecule has 0 saturated heterocycles. The van der Waals surface area contributed by atoms with Gasteiger partial charge in [0.05, 0.1) is 5.69 Å². The van der Waals surface area contributed by atoms with Gasteiger partial charge in [0.2, 0.25) is 0 Å². The Bertz CT molecular complexity index is 450. The van der Waals surface area contributed by atoms with E-state index < -0.39 is 0 Å². The van der Waals surface area contributed by atoms with Crippen LogP contribution >= 0.6 is 0 Å². The number of Topliss-reactive ketones (excluding diaryl/α,β-unsaturated/α-hetero) is 1. The Morgan fingerprint density at radius 2 is 2.15 bits per heavy atom. The van der Waals surface area contributed by atoms with Gasteiger partial charge < -0.3 is 0 Å². The van der Waals surface area contributed by atoms with Crippen molar-refractivity contribution in [3.05, 3.63) is 17.5 Å². The lowest BCUT2D eigenvalue weighted by molar-refractivity contribution is -0.123. The minimum atomic E-state index is 0.291. The van der Waals surface area contributed by atoms with Crippen LogP contribution in [0.25, 0.3) is 0 Å². The van der Waals surface area contributed by atoms with Gasteiger partial charge in [0, 0.05) is 24.6 Å². The lowest BCUT2D eigenvalue weighted by Crippen LogP contribution is -2.24. The summed E-state index contributed by atoms with van der Waals surface area (Å²) in [6.45, 7) is 7.30. The number of carbonyl (C=O) groups is 1. The fourth-order valence-electron chi connectivity index (χ4n) is 3.38. The summed E-state index contributed by atoms with van der Waals surface area (Å²) in [5.41, 5.74) is 2.21. The van der Waals surface area contributed by atoms with Crippen LogP contribution in [0.3, 0.4) is 0 Å². The van der Waals surface area contributed by atoms with Crippen LogP contribution in [0.2, 0.25) is 0 Å². The average Bonchev–Trinajstić information content (AvgIpc) is 2.89. The van der Waals surface area contributed by atoms with E-state index in [-0.39, 0.29) is 0 Å². The van der Waals surface area contributed by atoms with E-state index in [0.717, 1.165) is 43.1 Å². The maximum Gasteiger partial charge on any atom is 0.141 e. The number of nitrogens with zero attached hydrogens (tertiary/aromatic N) is 2. The second kappa shape index (κ2) is 7.05. The predicted molar refractivity (Wildman–Crippen MR) is 81.7 cm³/mol. The van der Waals surface area contributed by atoms with E-state index in [2.05, 4.69) is 31.9 Å². The normalized spacial score (nSPS) is 22.9. The molecule has 3 heteroatoms. The summed E-state index contributed by atoms with van der Waals surface area (Å²) in [5.74, 6) is 1.49. The van der Waals surface area contributed by atoms with Gasteiger partial charge in [0.15, 0.2) is 0 Å². The summed E-state index contributed by atoms with van der Waals surface area (Å²) >= 11 is 0. The predicted octanol–water partition coefficient (Wildman–Crippen LogP) is 3.79. The quantitative estimate of drug-likeness (QED) is 0.792. The minimum absolute atomic E-state index is 0.291. The zero-order valence-corrected chi connectivity index (χ0v) is 13.2. The number of rotatable bonds is 6. The number of ketones is 1. The standard InChI is InChI=1S/C17H28N2O/c1-4-13-8-7-9-14(10-13)17(20)12-16-11-15(5-2)18-19(16)6-3/h11,13-14H,4-10,12H2,1-3H3. The van der Waals surface area contributed by atoms with E-state index in [0.29, 0.717) is 18.1 Å². The monoisotopic (exact) mass is 276 g/mol. The Balaban J connectivity index is 2.01. The van der Waals surface area contributed by atoms with Crippen LogP contribution in [0, 0.1) is 11.8 Å². The number of carbonyl (C=O) groups excluding carboxylic acids is 1. The molecule has 0 aliphatic heterocycles. The van der Waals surface area contributed by atoms with Gasteiger partial charge in [-0.25, -0.2) is 0 Å². The molecular weight excluding hydrogens is 248 g/mol. The Morgan fingerprint density at radius 1 is 1.35 bits per heavy atom. The molecule has 1 aliphatic rings. The molecule has 20 heavy (non-hydrogen) atoms. The first-order chi connectivity index (χ1) is 9.67. The summed E-state index contributed by atoms with van der Waals surface area (Å²) in [5, 5.41) is 4.54. The molecule has 3 nitrogen and oxygen atoms in total. The molecule has 1 aliphatic carbocycles. The molecule has 1 heterocycles. The molecule has 0 amide bonds. The van der Waals surface area contributed by atoms with Crippen LogP contribution in [-0.4, -0.2) is 15.6 Å². The second-order valence-electron chi connectivity index (χ2n) is 6.08. The smallest absolute Gasteiger partial charge is 0.141 e. The zero-order chi connectivity index (χ0) is 14.5. The highest BCUT2D eigenvalue weighted by atomic mass is 16.1. The van der Waals surface area contributed by atoms with Crippen molar-refractivity contribution < 1.29 is 4.79 Å². The molecular formula is C17H28N2O. The molecule has 1 saturated carbocycles. The molecule has 2 unspecified atom stereocenters. The third kappa shape index (κ3) is 3.50. The lowest BCUT2D eigenvalue weighted by atomic mass is 9.77. The zero-order valence-electron chi connectivity index (χ0n) is 13.2. The van der Waals surface area contributed by atoms with Gasteiger partial charge in [0.25, 0.3) is 0 Å². The number of aromatic nitrogens is 2. The summed E-state index contributed by atoms with van der Waals surface area (Å²) < 4.78 is 2.00. The molecule has 2 rings (SSSR count). The van der Waals surface area contributed by atoms with Crippen LogP contribution in [0.4, 0.5) is 0 Å². The van der Waals surface area contributed by atoms with Crippen molar-refractivity contribution in [2.24, 2.45) is 11.8 Å². The number of hydrogen-bond acceptors (Lipinski definition) is 2. The molecule has 0 radical (unpaired) electrons. The van der Waals surface area contributed by atoms with E-state index in [1.165, 1.54) is 19.3 Å². The molecule has 1 fully saturated rings. The van der Waals surface area contributed by atoms with Crippen LogP contribution in [0.1, 0.15) is 64.3 Å². The van der Waals surface area contributed by atoms with Gasteiger partial charge >= 0.3 is 0 Å². The Labute approximate surface area is 122 Å². The van der Waals surface area contributed by atoms with Crippen molar-refractivity contribution in [1.82, 2.24) is 9.78 Å². The first-order valence-corrected chi connectivity index (χ1v) is 8.26. The van der Waals surface area contributed by atoms with E-state index in [4.69, 9.17) is 0 Å². The van der Waals surface area contributed by atoms with Crippen molar-refractivity contribution in [1.29, 1.82) is 0 Å². The van der Waals surface area contributed by atoms with Crippen molar-refractivity contribution >= 4 is 5.78 Å². The summed E-state index contributed by atoms with van der Waals surface area (Å²) in [7, 11) is 0. The van der Waals surface area contributed by atoms with E-state index in [1.807, 2.05) is 4.68 Å². The van der Waals surface area contributed by atoms with E-state index in [9.17, 15) is 4.79 Å². The average molecular weight is 276 g/mol. The van der Waals surface area contributed by atoms with Gasteiger partial charge in [-0.2, -0.15) is 5.10 Å². The topological polar surface area (TPSA) is 34.9 Å². The third-order valence-electron chi connectivity index (χ3n) is 4.75. The number of hydrogen-bond donors (Lipinski definition) is 0. The van der Waals surface area contributed by atoms with Crippen LogP contribution in [0.5, 0.6) is 0 Å². The highest BCUT2D eigenvalue weighted by Crippen LogP contribution is 2.32. The largest absolute Gasteiger partial charge is 0.299 e. The molecule has 1 aromatic heterocycles. The van der Waals surface area contributed by atoms with E-state index >= 15 is 0 Å². The maximum atomic E-state index is 12.6. The lowest BCUT2D eigenvalue weighted by Gasteiger charge is -2.27. The van der Waals surface area contributed by atoms with E-state index in [1.54, 1.807) is 0 Å². The van der Waals surface area contributed by atoms with Crippen LogP contribution in [-0.2, 0) is 24.2 Å². The fourth-order valence-corrected chi connectivity index (χ4v) is 3.38. The van der Waals surface area contributed by atoms with Crippen LogP contribution in [0.15, 0.2) is 6.07 Å². The Kier molecular flexibility index (Phi) is 5.38. The highest BCUT2D eigenvalue weighted by Gasteiger charge is 2.26. The Hall–Kier alpha value is -1.12. The molecule has 0 aromatic carbocycles. The SMILES string of the molecule is CCc1cc(CC(=O)C2CCCC(CC)C2)n(CC)n1. The van der Waals surface area contributed by atoms with Crippen molar-refractivity contribution in [2.45, 2.75) is 72.3 Å². The van der Waals surface area contributed by atoms with Gasteiger partial charge in [0.1, 0.15) is 5.78 Å². The summed E-state index contributed by atoms with van der Waals surface area (Å²) in [6.07, 6.45) is 7.47. The van der Waals surface area contributed by atoms with Crippen molar-refractivity contribution in [2.75, 3.05) is 0 Å². The number of aryl methyl sites for hydroxylation is 2. The van der Waals surface area contributed by atoms with Crippen molar-refractivity contribution in [3.63, 3.8) is 0 Å². The van der Waals surface area contributed by atoms with Gasteiger partial charge in [-0.3, -0.25) is 9.48 Å². The fraction of sp³-hybridized carbons (Fsp3) is 0.765. The summed E-state index contributed by atoms with van der Waals surface area (Å²) in [6, 6.07) is 2.11. The van der Waals surface area contributed by atoms with Crippen molar-refractivity contribution in [3.8, 4) is 0 Å². The molecule has 0 bridgehead atoms. The first-order valence-electron chi connectivity index (χ1n) is 8.26. The molecule has 1 aromatic rings. The maximum absolute atomic E-state index is 12.6. The second-order valence-corrected chi connectivity index (χ2v) is 6.08. The molecule has 0 N–H and O–H groups in total. The van der Waals surface area contributed by atoms with Gasteiger partial charge in [-0.15, -0.1) is 0 Å². The van der Waals surface area contributed by atoms with Gasteiger partial charge in [-0.05, 0) is 38.2 Å². The third-order valence-corrected chi connectivity index (χ3v) is 4.75.